The summed E-state index contributed by atoms with van der Waals surface area (Å²) in [5.74, 6) is 0. The van der Waals surface area contributed by atoms with Crippen LogP contribution >= 0.6 is 34.5 Å². The van der Waals surface area contributed by atoms with E-state index in [1.54, 1.807) is 19.2 Å². The van der Waals surface area contributed by atoms with E-state index in [-0.39, 0.29) is 4.87 Å². The Balaban J connectivity index is 3.03. The lowest BCUT2D eigenvalue weighted by atomic mass is 10.3. The van der Waals surface area contributed by atoms with Gasteiger partial charge in [-0.3, -0.25) is 4.79 Å². The van der Waals surface area contributed by atoms with E-state index in [1.165, 1.54) is 4.57 Å². The van der Waals surface area contributed by atoms with Crippen LogP contribution in [0.4, 0.5) is 0 Å². The molecule has 0 aliphatic rings. The highest BCUT2D eigenvalue weighted by atomic mass is 35.5. The molecule has 0 saturated carbocycles. The molecule has 2 aromatic rings. The van der Waals surface area contributed by atoms with Crippen molar-refractivity contribution in [2.75, 3.05) is 0 Å². The summed E-state index contributed by atoms with van der Waals surface area (Å²) in [7, 11) is 1.70. The van der Waals surface area contributed by atoms with E-state index in [0.29, 0.717) is 10.0 Å². The molecular weight excluding hydrogens is 229 g/mol. The van der Waals surface area contributed by atoms with Gasteiger partial charge in [0.25, 0.3) is 0 Å². The van der Waals surface area contributed by atoms with E-state index in [4.69, 9.17) is 23.2 Å². The third-order valence-corrected chi connectivity index (χ3v) is 3.29. The fourth-order valence-corrected chi connectivity index (χ4v) is 2.89. The third kappa shape index (κ3) is 1.37. The molecule has 0 atom stereocenters. The lowest BCUT2D eigenvalue weighted by Gasteiger charge is -1.97. The molecule has 0 aliphatic carbocycles. The Bertz CT molecular complexity index is 529. The van der Waals surface area contributed by atoms with Gasteiger partial charge in [-0.25, -0.2) is 0 Å². The molecule has 2 nitrogen and oxygen atoms in total. The Morgan fingerprint density at radius 2 is 2.08 bits per heavy atom. The van der Waals surface area contributed by atoms with Crippen LogP contribution in [0.15, 0.2) is 16.9 Å². The highest BCUT2D eigenvalue weighted by molar-refractivity contribution is 7.16. The molecule has 2 rings (SSSR count). The normalized spacial score (nSPS) is 11.0. The average Bonchev–Trinajstić information content (AvgIpc) is 2.27. The summed E-state index contributed by atoms with van der Waals surface area (Å²) < 4.78 is 2.35. The third-order valence-electron chi connectivity index (χ3n) is 1.80. The molecule has 0 bridgehead atoms. The maximum absolute atomic E-state index is 11.3. The second kappa shape index (κ2) is 3.01. The first kappa shape index (κ1) is 9.06. The van der Waals surface area contributed by atoms with Gasteiger partial charge in [-0.15, -0.1) is 0 Å². The predicted molar refractivity (Wildman–Crippen MR) is 57.1 cm³/mol. The molecular formula is C8H5Cl2NOS. The molecule has 68 valence electrons. The monoisotopic (exact) mass is 233 g/mol. The lowest BCUT2D eigenvalue weighted by molar-refractivity contribution is 0.939. The maximum atomic E-state index is 11.3. The van der Waals surface area contributed by atoms with Gasteiger partial charge in [0.05, 0.1) is 15.2 Å². The molecule has 5 heteroatoms. The van der Waals surface area contributed by atoms with Crippen molar-refractivity contribution in [1.82, 2.24) is 4.57 Å². The molecule has 0 fully saturated rings. The first-order chi connectivity index (χ1) is 6.09. The quantitative estimate of drug-likeness (QED) is 0.686. The van der Waals surface area contributed by atoms with Gasteiger partial charge in [0.1, 0.15) is 0 Å². The number of halogens is 2. The molecule has 1 aromatic heterocycles. The Hall–Kier alpha value is -0.510. The SMILES string of the molecule is Cn1c(=O)sc2cc(Cl)cc(Cl)c21. The number of rotatable bonds is 0. The number of fused-ring (bicyclic) bond motifs is 1. The highest BCUT2D eigenvalue weighted by Gasteiger charge is 2.08. The number of nitrogens with zero attached hydrogens (tertiary/aromatic N) is 1. The van der Waals surface area contributed by atoms with Crippen LogP contribution < -0.4 is 4.87 Å². The van der Waals surface area contributed by atoms with Crippen molar-refractivity contribution < 1.29 is 0 Å². The standard InChI is InChI=1S/C8H5Cl2NOS/c1-11-7-5(10)2-4(9)3-6(7)13-8(11)12/h2-3H,1H3. The summed E-state index contributed by atoms with van der Waals surface area (Å²) in [5.41, 5.74) is 0.751. The van der Waals surface area contributed by atoms with E-state index in [2.05, 4.69) is 0 Å². The van der Waals surface area contributed by atoms with Crippen LogP contribution in [0.25, 0.3) is 10.2 Å². The number of benzene rings is 1. The van der Waals surface area contributed by atoms with Gasteiger partial charge < -0.3 is 4.57 Å². The molecule has 0 aliphatic heterocycles. The van der Waals surface area contributed by atoms with E-state index in [0.717, 1.165) is 21.6 Å². The number of hydrogen-bond donors (Lipinski definition) is 0. The summed E-state index contributed by atoms with van der Waals surface area (Å²) in [6.45, 7) is 0. The van der Waals surface area contributed by atoms with Crippen LogP contribution in [-0.4, -0.2) is 4.57 Å². The first-order valence-corrected chi connectivity index (χ1v) is 5.11. The highest BCUT2D eigenvalue weighted by Crippen LogP contribution is 2.28. The minimum Gasteiger partial charge on any atom is -0.300 e. The number of aryl methyl sites for hydroxylation is 1. The van der Waals surface area contributed by atoms with Crippen LogP contribution in [-0.2, 0) is 7.05 Å². The van der Waals surface area contributed by atoms with Crippen LogP contribution in [0.1, 0.15) is 0 Å². The van der Waals surface area contributed by atoms with Gasteiger partial charge in [0.15, 0.2) is 0 Å². The van der Waals surface area contributed by atoms with Crippen LogP contribution in [0.3, 0.4) is 0 Å². The molecule has 0 amide bonds. The van der Waals surface area contributed by atoms with E-state index in [1.807, 2.05) is 0 Å². The van der Waals surface area contributed by atoms with Gasteiger partial charge in [0.2, 0.25) is 0 Å². The van der Waals surface area contributed by atoms with Crippen molar-refractivity contribution in [1.29, 1.82) is 0 Å². The van der Waals surface area contributed by atoms with E-state index in [9.17, 15) is 4.79 Å². The zero-order chi connectivity index (χ0) is 9.59. The van der Waals surface area contributed by atoms with E-state index >= 15 is 0 Å². The Morgan fingerprint density at radius 3 is 2.77 bits per heavy atom. The van der Waals surface area contributed by atoms with Gasteiger partial charge in [-0.05, 0) is 12.1 Å². The summed E-state index contributed by atoms with van der Waals surface area (Å²) in [6, 6.07) is 3.38. The Morgan fingerprint density at radius 1 is 1.38 bits per heavy atom. The number of hydrogen-bond acceptors (Lipinski definition) is 2. The summed E-state index contributed by atoms with van der Waals surface area (Å²) in [5, 5.41) is 1.07. The van der Waals surface area contributed by atoms with Crippen LogP contribution in [0, 0.1) is 0 Å². The minimum absolute atomic E-state index is 0.0285. The molecule has 13 heavy (non-hydrogen) atoms. The average molecular weight is 234 g/mol. The van der Waals surface area contributed by atoms with Crippen molar-refractivity contribution in [2.24, 2.45) is 7.05 Å². The minimum atomic E-state index is -0.0285. The fraction of sp³-hybridized carbons (Fsp3) is 0.125. The molecule has 0 saturated heterocycles. The second-order valence-electron chi connectivity index (χ2n) is 2.66. The Labute approximate surface area is 88.3 Å². The van der Waals surface area contributed by atoms with Crippen molar-refractivity contribution in [3.8, 4) is 0 Å². The summed E-state index contributed by atoms with van der Waals surface area (Å²) in [6.07, 6.45) is 0. The zero-order valence-electron chi connectivity index (χ0n) is 6.67. The molecule has 0 radical (unpaired) electrons. The van der Waals surface area contributed by atoms with Crippen molar-refractivity contribution in [3.05, 3.63) is 31.8 Å². The molecule has 0 unspecified atom stereocenters. The largest absolute Gasteiger partial charge is 0.307 e. The number of thiazole rings is 1. The van der Waals surface area contributed by atoms with Gasteiger partial charge >= 0.3 is 4.87 Å². The first-order valence-electron chi connectivity index (χ1n) is 3.54. The lowest BCUT2D eigenvalue weighted by Crippen LogP contribution is -2.06. The topological polar surface area (TPSA) is 22.0 Å². The van der Waals surface area contributed by atoms with Gasteiger partial charge in [-0.1, -0.05) is 34.5 Å². The van der Waals surface area contributed by atoms with E-state index < -0.39 is 0 Å². The zero-order valence-corrected chi connectivity index (χ0v) is 9.00. The van der Waals surface area contributed by atoms with Gasteiger partial charge in [0, 0.05) is 12.1 Å². The Kier molecular flexibility index (Phi) is 2.10. The summed E-state index contributed by atoms with van der Waals surface area (Å²) >= 11 is 12.9. The fourth-order valence-electron chi connectivity index (χ4n) is 1.20. The van der Waals surface area contributed by atoms with Crippen molar-refractivity contribution in [3.63, 3.8) is 0 Å². The molecule has 0 spiro atoms. The van der Waals surface area contributed by atoms with Crippen LogP contribution in [0.5, 0.6) is 0 Å². The van der Waals surface area contributed by atoms with Gasteiger partial charge in [-0.2, -0.15) is 0 Å². The van der Waals surface area contributed by atoms with Crippen molar-refractivity contribution >= 4 is 44.8 Å². The maximum Gasteiger partial charge on any atom is 0.307 e. The second-order valence-corrected chi connectivity index (χ2v) is 4.50. The summed E-state index contributed by atoms with van der Waals surface area (Å²) in [4.78, 5) is 11.3. The molecule has 1 aromatic carbocycles. The smallest absolute Gasteiger partial charge is 0.300 e. The molecule has 0 N–H and O–H groups in total. The van der Waals surface area contributed by atoms with Crippen LogP contribution in [0.2, 0.25) is 10.0 Å². The van der Waals surface area contributed by atoms with Crippen molar-refractivity contribution in [2.45, 2.75) is 0 Å². The molecule has 1 heterocycles. The predicted octanol–water partition coefficient (Wildman–Crippen LogP) is 2.91. The number of aromatic nitrogens is 1.